The summed E-state index contributed by atoms with van der Waals surface area (Å²) in [5, 5.41) is 11.8. The number of aromatic amines is 1. The Bertz CT molecular complexity index is 1630. The molecule has 2 N–H and O–H groups in total. The van der Waals surface area contributed by atoms with E-state index in [2.05, 4.69) is 45.9 Å². The molecule has 0 radical (unpaired) electrons. The maximum absolute atomic E-state index is 13.3. The van der Waals surface area contributed by atoms with Crippen LogP contribution in [0.5, 0.6) is 0 Å². The molecule has 2 aromatic heterocycles. The zero-order valence-corrected chi connectivity index (χ0v) is 19.3. The van der Waals surface area contributed by atoms with Crippen LogP contribution in [-0.2, 0) is 6.54 Å². The fourth-order valence-corrected chi connectivity index (χ4v) is 4.88. The molecule has 1 aliphatic heterocycles. The number of pyridine rings is 1. The fraction of sp³-hybridized carbons (Fsp3) is 0.148. The van der Waals surface area contributed by atoms with Crippen LogP contribution >= 0.6 is 11.6 Å². The van der Waals surface area contributed by atoms with Gasteiger partial charge in [-0.1, -0.05) is 48.0 Å². The number of benzene rings is 3. The molecule has 0 spiro atoms. The Balaban J connectivity index is 1.45. The van der Waals surface area contributed by atoms with E-state index >= 15 is 0 Å². The quantitative estimate of drug-likeness (QED) is 0.358. The van der Waals surface area contributed by atoms with Crippen molar-refractivity contribution in [2.45, 2.75) is 25.9 Å². The van der Waals surface area contributed by atoms with E-state index in [9.17, 15) is 4.79 Å². The third kappa shape index (κ3) is 3.47. The Morgan fingerprint density at radius 3 is 2.74 bits per heavy atom. The summed E-state index contributed by atoms with van der Waals surface area (Å²) < 4.78 is 1.93. The number of aromatic nitrogens is 3. The van der Waals surface area contributed by atoms with Crippen molar-refractivity contribution in [3.63, 3.8) is 0 Å². The number of H-pyrrole nitrogens is 1. The lowest BCUT2D eigenvalue weighted by Crippen LogP contribution is -2.20. The van der Waals surface area contributed by atoms with E-state index in [1.807, 2.05) is 53.2 Å². The molecular formula is C27H22ClN5O. The average molecular weight is 468 g/mol. The molecule has 3 heterocycles. The van der Waals surface area contributed by atoms with Crippen molar-refractivity contribution in [3.8, 4) is 11.1 Å². The summed E-state index contributed by atoms with van der Waals surface area (Å²) in [6, 6.07) is 21.7. The summed E-state index contributed by atoms with van der Waals surface area (Å²) in [4.78, 5) is 16.4. The van der Waals surface area contributed by atoms with Gasteiger partial charge in [0.15, 0.2) is 0 Å². The van der Waals surface area contributed by atoms with Crippen molar-refractivity contribution in [3.05, 3.63) is 99.4 Å². The van der Waals surface area contributed by atoms with Crippen LogP contribution in [0.1, 0.15) is 30.5 Å². The van der Waals surface area contributed by atoms with Crippen LogP contribution in [0.3, 0.4) is 0 Å². The second kappa shape index (κ2) is 8.15. The Labute approximate surface area is 200 Å². The molecule has 168 valence electrons. The molecule has 3 aromatic carbocycles. The monoisotopic (exact) mass is 467 g/mol. The minimum absolute atomic E-state index is 0.0255. The van der Waals surface area contributed by atoms with Gasteiger partial charge in [0.05, 0.1) is 22.8 Å². The average Bonchev–Trinajstić information content (AvgIpc) is 3.50. The minimum atomic E-state index is -0.158. The molecule has 1 aliphatic rings. The van der Waals surface area contributed by atoms with Crippen LogP contribution in [0.15, 0.2) is 82.8 Å². The number of aryl methyl sites for hydroxylation is 1. The number of rotatable bonds is 4. The maximum Gasteiger partial charge on any atom is 0.258 e. The van der Waals surface area contributed by atoms with Gasteiger partial charge in [-0.25, -0.2) is 0 Å². The van der Waals surface area contributed by atoms with Crippen molar-refractivity contribution in [1.29, 1.82) is 0 Å². The highest BCUT2D eigenvalue weighted by Gasteiger charge is 2.27. The highest BCUT2D eigenvalue weighted by molar-refractivity contribution is 6.31. The lowest BCUT2D eigenvalue weighted by molar-refractivity contribution is 0.621. The Kier molecular flexibility index (Phi) is 4.96. The number of halogens is 1. The van der Waals surface area contributed by atoms with Gasteiger partial charge in [-0.2, -0.15) is 10.2 Å². The highest BCUT2D eigenvalue weighted by atomic mass is 35.5. The zero-order valence-electron chi connectivity index (χ0n) is 18.5. The first-order valence-corrected chi connectivity index (χ1v) is 11.7. The minimum Gasteiger partial charge on any atom is -0.321 e. The van der Waals surface area contributed by atoms with E-state index < -0.39 is 0 Å². The van der Waals surface area contributed by atoms with Crippen molar-refractivity contribution in [2.75, 3.05) is 0 Å². The number of nitrogens with zero attached hydrogens (tertiary/aromatic N) is 3. The van der Waals surface area contributed by atoms with Crippen LogP contribution in [0.4, 0.5) is 0 Å². The van der Waals surface area contributed by atoms with Crippen molar-refractivity contribution >= 4 is 39.1 Å². The predicted octanol–water partition coefficient (Wildman–Crippen LogP) is 5.66. The molecule has 1 atom stereocenters. The van der Waals surface area contributed by atoms with E-state index in [0.717, 1.165) is 50.8 Å². The van der Waals surface area contributed by atoms with Gasteiger partial charge in [0.1, 0.15) is 0 Å². The number of hydrazone groups is 1. The summed E-state index contributed by atoms with van der Waals surface area (Å²) in [7, 11) is 0. The smallest absolute Gasteiger partial charge is 0.258 e. The molecular weight excluding hydrogens is 446 g/mol. The van der Waals surface area contributed by atoms with Crippen LogP contribution in [-0.4, -0.2) is 20.5 Å². The predicted molar refractivity (Wildman–Crippen MR) is 137 cm³/mol. The topological polar surface area (TPSA) is 75.1 Å². The van der Waals surface area contributed by atoms with Gasteiger partial charge in [0, 0.05) is 46.0 Å². The van der Waals surface area contributed by atoms with E-state index in [4.69, 9.17) is 11.6 Å². The first-order chi connectivity index (χ1) is 16.6. The van der Waals surface area contributed by atoms with E-state index in [1.54, 1.807) is 6.07 Å². The molecule has 6 nitrogen and oxygen atoms in total. The highest BCUT2D eigenvalue weighted by Crippen LogP contribution is 2.34. The van der Waals surface area contributed by atoms with Gasteiger partial charge in [-0.15, -0.1) is 0 Å². The molecule has 7 heteroatoms. The molecule has 0 fully saturated rings. The van der Waals surface area contributed by atoms with E-state index in [0.29, 0.717) is 17.0 Å². The summed E-state index contributed by atoms with van der Waals surface area (Å²) in [5.41, 5.74) is 9.05. The number of nitrogens with one attached hydrogen (secondary N) is 2. The third-order valence-corrected chi connectivity index (χ3v) is 6.62. The first kappa shape index (κ1) is 20.7. The Morgan fingerprint density at radius 1 is 1.06 bits per heavy atom. The summed E-state index contributed by atoms with van der Waals surface area (Å²) in [5.74, 6) is 0. The van der Waals surface area contributed by atoms with Crippen LogP contribution < -0.4 is 11.0 Å². The van der Waals surface area contributed by atoms with Crippen LogP contribution in [0.2, 0.25) is 5.02 Å². The van der Waals surface area contributed by atoms with E-state index in [-0.39, 0.29) is 11.6 Å². The summed E-state index contributed by atoms with van der Waals surface area (Å²) in [6.45, 7) is 2.90. The standard InChI is InChI=1S/C27H22ClN5O/c1-2-33-15-18-12-17(8-10-21(18)32-33)23-14-24(31-30-23)26-25(16-6-4-3-5-7-16)20-13-19(28)9-11-22(20)29-27(26)34/h3-13,15,23,30H,2,14H2,1H3,(H,29,34). The molecule has 0 saturated carbocycles. The Hall–Kier alpha value is -3.90. The molecule has 1 unspecified atom stereocenters. The first-order valence-electron chi connectivity index (χ1n) is 11.3. The van der Waals surface area contributed by atoms with Crippen molar-refractivity contribution in [1.82, 2.24) is 20.2 Å². The van der Waals surface area contributed by atoms with Crippen LogP contribution in [0, 0.1) is 0 Å². The van der Waals surface area contributed by atoms with Gasteiger partial charge < -0.3 is 10.4 Å². The number of hydrogen-bond donors (Lipinski definition) is 2. The molecule has 34 heavy (non-hydrogen) atoms. The third-order valence-electron chi connectivity index (χ3n) is 6.38. The maximum atomic E-state index is 13.3. The lowest BCUT2D eigenvalue weighted by atomic mass is 9.91. The van der Waals surface area contributed by atoms with Gasteiger partial charge >= 0.3 is 0 Å². The van der Waals surface area contributed by atoms with Crippen LogP contribution in [0.25, 0.3) is 32.9 Å². The molecule has 0 saturated heterocycles. The number of hydrogen-bond acceptors (Lipinski definition) is 4. The fourth-order valence-electron chi connectivity index (χ4n) is 4.71. The van der Waals surface area contributed by atoms with Gasteiger partial charge in [0.2, 0.25) is 0 Å². The molecule has 0 bridgehead atoms. The molecule has 0 amide bonds. The molecule has 0 aliphatic carbocycles. The summed E-state index contributed by atoms with van der Waals surface area (Å²) in [6.07, 6.45) is 2.66. The number of fused-ring (bicyclic) bond motifs is 2. The SMILES string of the molecule is CCn1cc2cc(C3CC(c4c(-c5ccccc5)c5cc(Cl)ccc5[nH]c4=O)=NN3)ccc2n1. The van der Waals surface area contributed by atoms with Crippen molar-refractivity contribution < 1.29 is 0 Å². The van der Waals surface area contributed by atoms with Gasteiger partial charge in [-0.05, 0) is 48.4 Å². The molecule has 5 aromatic rings. The lowest BCUT2D eigenvalue weighted by Gasteiger charge is -2.14. The van der Waals surface area contributed by atoms with Gasteiger partial charge in [-0.3, -0.25) is 9.48 Å². The second-order valence-electron chi connectivity index (χ2n) is 8.51. The normalized spacial score (nSPS) is 15.6. The second-order valence-corrected chi connectivity index (χ2v) is 8.94. The summed E-state index contributed by atoms with van der Waals surface area (Å²) >= 11 is 6.35. The Morgan fingerprint density at radius 2 is 1.91 bits per heavy atom. The van der Waals surface area contributed by atoms with Crippen molar-refractivity contribution in [2.24, 2.45) is 5.10 Å². The van der Waals surface area contributed by atoms with Gasteiger partial charge in [0.25, 0.3) is 5.56 Å². The molecule has 6 rings (SSSR count). The largest absolute Gasteiger partial charge is 0.321 e. The van der Waals surface area contributed by atoms with E-state index in [1.165, 1.54) is 0 Å². The zero-order chi connectivity index (χ0) is 23.2.